The predicted octanol–water partition coefficient (Wildman–Crippen LogP) is 0.161. The lowest BCUT2D eigenvalue weighted by atomic mass is 10.2. The molecule has 0 bridgehead atoms. The van der Waals surface area contributed by atoms with E-state index < -0.39 is 36.5 Å². The number of sulfone groups is 1. The zero-order valence-electron chi connectivity index (χ0n) is 14.7. The van der Waals surface area contributed by atoms with Crippen LogP contribution in [0.5, 0.6) is 5.75 Å². The Morgan fingerprint density at radius 1 is 0.967 bits per heavy atom. The molecule has 14 heteroatoms. The van der Waals surface area contributed by atoms with E-state index in [1.807, 2.05) is 0 Å². The maximum Gasteiger partial charge on any atom is 0.335 e. The summed E-state index contributed by atoms with van der Waals surface area (Å²) in [7, 11) is -8.36. The Morgan fingerprint density at radius 2 is 1.63 bits per heavy atom. The number of benzene rings is 2. The maximum atomic E-state index is 13.0. The van der Waals surface area contributed by atoms with Gasteiger partial charge in [-0.15, -0.1) is 10.2 Å². The van der Waals surface area contributed by atoms with E-state index in [0.29, 0.717) is 0 Å². The number of sulfonamides is 1. The van der Waals surface area contributed by atoms with E-state index in [1.165, 1.54) is 6.07 Å². The summed E-state index contributed by atoms with van der Waals surface area (Å²) in [6, 6.07) is 6.86. The molecule has 0 aliphatic carbocycles. The van der Waals surface area contributed by atoms with Gasteiger partial charge in [0, 0.05) is 0 Å². The van der Waals surface area contributed by atoms with Gasteiger partial charge in [0.1, 0.15) is 9.79 Å². The van der Waals surface area contributed by atoms with Gasteiger partial charge in [0.25, 0.3) is 0 Å². The normalized spacial score (nSPS) is 12.4. The Labute approximate surface area is 168 Å². The average Bonchev–Trinajstić information content (AvgIpc) is 3.12. The molecule has 2 heterocycles. The van der Waals surface area contributed by atoms with Crippen LogP contribution >= 0.6 is 0 Å². The molecule has 0 saturated carbocycles. The van der Waals surface area contributed by atoms with Crippen molar-refractivity contribution < 1.29 is 31.8 Å². The van der Waals surface area contributed by atoms with Crippen molar-refractivity contribution in [2.24, 2.45) is 5.14 Å². The van der Waals surface area contributed by atoms with E-state index in [9.17, 15) is 26.7 Å². The number of aromatic hydroxyl groups is 1. The monoisotopic (exact) mass is 449 g/mol. The van der Waals surface area contributed by atoms with Crippen LogP contribution in [0.1, 0.15) is 10.4 Å². The van der Waals surface area contributed by atoms with E-state index in [1.54, 1.807) is 0 Å². The maximum absolute atomic E-state index is 13.0. The van der Waals surface area contributed by atoms with E-state index in [2.05, 4.69) is 15.3 Å². The van der Waals surface area contributed by atoms with Gasteiger partial charge < -0.3 is 10.2 Å². The summed E-state index contributed by atoms with van der Waals surface area (Å²) >= 11 is 0. The van der Waals surface area contributed by atoms with Crippen LogP contribution in [-0.2, 0) is 19.9 Å². The Kier molecular flexibility index (Phi) is 4.23. The van der Waals surface area contributed by atoms with Crippen LogP contribution in [0.2, 0.25) is 0 Å². The minimum absolute atomic E-state index is 0.0827. The number of hydrogen-bond donors (Lipinski definition) is 3. The van der Waals surface area contributed by atoms with Crippen molar-refractivity contribution in [2.75, 3.05) is 0 Å². The molecule has 0 spiro atoms. The standard InChI is InChI=1S/C16H11N5O7S2/c17-30(27,28)11-6-5-10-13(14(11)22)19-20-15-12(7-18-21(10)15)29(25,26)9-3-1-8(2-4-9)16(23)24/h1-7,22H,(H,23,24)(H2,17,27,28). The van der Waals surface area contributed by atoms with Crippen molar-refractivity contribution in [1.82, 2.24) is 19.8 Å². The van der Waals surface area contributed by atoms with Gasteiger partial charge in [0.05, 0.1) is 22.2 Å². The summed E-state index contributed by atoms with van der Waals surface area (Å²) in [6.07, 6.45) is 1.02. The third-order valence-corrected chi connectivity index (χ3v) is 6.99. The number of hydrogen-bond acceptors (Lipinski definition) is 9. The van der Waals surface area contributed by atoms with Crippen molar-refractivity contribution >= 4 is 42.5 Å². The van der Waals surface area contributed by atoms with E-state index in [-0.39, 0.29) is 32.0 Å². The van der Waals surface area contributed by atoms with Crippen molar-refractivity contribution in [3.63, 3.8) is 0 Å². The number of carboxylic acids is 1. The molecule has 4 rings (SSSR count). The largest absolute Gasteiger partial charge is 0.504 e. The molecule has 2 aromatic carbocycles. The first-order valence-electron chi connectivity index (χ1n) is 7.99. The molecule has 30 heavy (non-hydrogen) atoms. The molecule has 0 atom stereocenters. The number of nitrogens with zero attached hydrogens (tertiary/aromatic N) is 4. The molecule has 0 unspecified atom stereocenters. The molecule has 0 radical (unpaired) electrons. The van der Waals surface area contributed by atoms with Crippen LogP contribution in [0.4, 0.5) is 0 Å². The summed E-state index contributed by atoms with van der Waals surface area (Å²) in [6.45, 7) is 0. The Hall–Kier alpha value is -3.62. The van der Waals surface area contributed by atoms with Crippen LogP contribution in [0, 0.1) is 0 Å². The number of carbonyl (C=O) groups is 1. The number of nitrogens with two attached hydrogens (primary N) is 1. The summed E-state index contributed by atoms with van der Waals surface area (Å²) in [5, 5.41) is 35.7. The lowest BCUT2D eigenvalue weighted by Crippen LogP contribution is -2.13. The lowest BCUT2D eigenvalue weighted by Gasteiger charge is -2.07. The molecule has 4 N–H and O–H groups in total. The zero-order valence-corrected chi connectivity index (χ0v) is 16.3. The lowest BCUT2D eigenvalue weighted by molar-refractivity contribution is 0.0696. The molecule has 12 nitrogen and oxygen atoms in total. The first kappa shape index (κ1) is 19.7. The number of fused-ring (bicyclic) bond motifs is 3. The molecule has 2 aromatic heterocycles. The number of phenolic OH excluding ortho intramolecular Hbond substituents is 1. The van der Waals surface area contributed by atoms with Crippen LogP contribution in [0.25, 0.3) is 16.7 Å². The number of primary sulfonamides is 1. The van der Waals surface area contributed by atoms with Crippen LogP contribution in [0.15, 0.2) is 57.3 Å². The fourth-order valence-corrected chi connectivity index (χ4v) is 4.76. The van der Waals surface area contributed by atoms with Gasteiger partial charge in [-0.2, -0.15) is 5.10 Å². The minimum Gasteiger partial charge on any atom is -0.504 e. The van der Waals surface area contributed by atoms with Gasteiger partial charge in [-0.05, 0) is 36.4 Å². The van der Waals surface area contributed by atoms with E-state index in [0.717, 1.165) is 41.0 Å². The minimum atomic E-state index is -4.23. The molecule has 154 valence electrons. The molecular weight excluding hydrogens is 438 g/mol. The van der Waals surface area contributed by atoms with Crippen molar-refractivity contribution in [3.05, 3.63) is 48.2 Å². The van der Waals surface area contributed by atoms with Gasteiger partial charge in [-0.1, -0.05) is 0 Å². The second-order valence-corrected chi connectivity index (χ2v) is 9.55. The highest BCUT2D eigenvalue weighted by atomic mass is 32.2. The molecule has 4 aromatic rings. The highest BCUT2D eigenvalue weighted by Crippen LogP contribution is 2.31. The number of aromatic carboxylic acids is 1. The van der Waals surface area contributed by atoms with Crippen LogP contribution in [0.3, 0.4) is 0 Å². The Bertz CT molecular complexity index is 1560. The number of aromatic nitrogens is 4. The van der Waals surface area contributed by atoms with Gasteiger partial charge in [-0.25, -0.2) is 31.3 Å². The second kappa shape index (κ2) is 6.45. The summed E-state index contributed by atoms with van der Waals surface area (Å²) < 4.78 is 50.1. The zero-order chi connectivity index (χ0) is 21.8. The summed E-state index contributed by atoms with van der Waals surface area (Å²) in [5.41, 5.74) is -0.409. The van der Waals surface area contributed by atoms with Crippen molar-refractivity contribution in [3.8, 4) is 5.75 Å². The Morgan fingerprint density at radius 3 is 2.23 bits per heavy atom. The van der Waals surface area contributed by atoms with E-state index in [4.69, 9.17) is 10.2 Å². The second-order valence-electron chi connectivity index (χ2n) is 6.10. The number of carboxylic acid groups (broad SMARTS) is 1. The first-order valence-corrected chi connectivity index (χ1v) is 11.0. The van der Waals surface area contributed by atoms with Crippen LogP contribution < -0.4 is 5.14 Å². The third-order valence-electron chi connectivity index (χ3n) is 4.28. The molecule has 0 saturated heterocycles. The fourth-order valence-electron chi connectivity index (χ4n) is 2.84. The van der Waals surface area contributed by atoms with Gasteiger partial charge in [0.15, 0.2) is 16.9 Å². The molecule has 0 aliphatic heterocycles. The summed E-state index contributed by atoms with van der Waals surface area (Å²) in [5.74, 6) is -1.94. The molecular formula is C16H11N5O7S2. The molecule has 0 fully saturated rings. The highest BCUT2D eigenvalue weighted by Gasteiger charge is 2.26. The van der Waals surface area contributed by atoms with Gasteiger partial charge in [-0.3, -0.25) is 0 Å². The Balaban J connectivity index is 1.92. The van der Waals surface area contributed by atoms with Crippen molar-refractivity contribution in [1.29, 1.82) is 0 Å². The van der Waals surface area contributed by atoms with E-state index >= 15 is 0 Å². The smallest absolute Gasteiger partial charge is 0.335 e. The fraction of sp³-hybridized carbons (Fsp3) is 0. The van der Waals surface area contributed by atoms with Gasteiger partial charge in [0.2, 0.25) is 19.9 Å². The first-order chi connectivity index (χ1) is 14.0. The third kappa shape index (κ3) is 2.94. The van der Waals surface area contributed by atoms with Gasteiger partial charge >= 0.3 is 5.97 Å². The van der Waals surface area contributed by atoms with Crippen molar-refractivity contribution in [2.45, 2.75) is 14.7 Å². The van der Waals surface area contributed by atoms with Crippen LogP contribution in [-0.4, -0.2) is 52.8 Å². The highest BCUT2D eigenvalue weighted by molar-refractivity contribution is 7.91. The number of rotatable bonds is 4. The topological polar surface area (TPSA) is 195 Å². The molecule has 0 amide bonds. The number of phenols is 1. The quantitative estimate of drug-likeness (QED) is 0.386. The summed E-state index contributed by atoms with van der Waals surface area (Å²) in [4.78, 5) is 9.90. The predicted molar refractivity (Wildman–Crippen MR) is 100 cm³/mol. The average molecular weight is 449 g/mol. The molecule has 0 aliphatic rings. The SMILES string of the molecule is NS(=O)(=O)c1ccc2c(nnc3c(S(=O)(=O)c4ccc(C(=O)O)cc4)cnn32)c1O.